The van der Waals surface area contributed by atoms with E-state index in [4.69, 9.17) is 0 Å². The second-order valence-corrected chi connectivity index (χ2v) is 4.51. The Morgan fingerprint density at radius 1 is 1.56 bits per heavy atom. The fraction of sp³-hybridized carbons (Fsp3) is 0.600. The molecule has 2 nitrogen and oxygen atoms in total. The topological polar surface area (TPSA) is 25.8 Å². The number of hydrogen-bond acceptors (Lipinski definition) is 3. The van der Waals surface area contributed by atoms with Gasteiger partial charge in [0, 0.05) is 6.42 Å². The molecule has 0 fully saturated rings. The number of halogens is 1. The van der Waals surface area contributed by atoms with Gasteiger partial charge in [-0.25, -0.2) is 0 Å². The molecule has 0 saturated heterocycles. The van der Waals surface area contributed by atoms with Crippen LogP contribution in [0.2, 0.25) is 0 Å². The maximum absolute atomic E-state index is 3.97. The number of nitrogens with zero attached hydrogens (tertiary/aromatic N) is 2. The van der Waals surface area contributed by atoms with E-state index in [1.807, 2.05) is 0 Å². The van der Waals surface area contributed by atoms with Crippen LogP contribution in [0.3, 0.4) is 0 Å². The summed E-state index contributed by atoms with van der Waals surface area (Å²) in [5.41, 5.74) is 0. The zero-order valence-corrected chi connectivity index (χ0v) is 8.07. The van der Waals surface area contributed by atoms with Crippen molar-refractivity contribution in [2.75, 3.05) is 0 Å². The van der Waals surface area contributed by atoms with Crippen molar-refractivity contribution >= 4 is 33.9 Å². The van der Waals surface area contributed by atoms with Crippen LogP contribution in [0.1, 0.15) is 18.4 Å². The standard InChI is InChI=1S/C5H7IN2S/c1-2-3-4-7-8-5(6)9-4/h2-3H2,1H3. The summed E-state index contributed by atoms with van der Waals surface area (Å²) in [5, 5.41) is 9.01. The number of hydrogen-bond donors (Lipinski definition) is 0. The molecule has 0 N–H and O–H groups in total. The van der Waals surface area contributed by atoms with Crippen LogP contribution in [-0.4, -0.2) is 10.2 Å². The van der Waals surface area contributed by atoms with Crippen molar-refractivity contribution in [3.05, 3.63) is 8.02 Å². The first-order valence-corrected chi connectivity index (χ1v) is 4.70. The molecule has 0 amide bonds. The molecule has 0 spiro atoms. The molecule has 0 aromatic carbocycles. The summed E-state index contributed by atoms with van der Waals surface area (Å²) in [6.07, 6.45) is 2.23. The maximum Gasteiger partial charge on any atom is 0.178 e. The highest BCUT2D eigenvalue weighted by Crippen LogP contribution is 2.12. The van der Waals surface area contributed by atoms with Crippen LogP contribution in [0.4, 0.5) is 0 Å². The first-order chi connectivity index (χ1) is 4.33. The van der Waals surface area contributed by atoms with Crippen molar-refractivity contribution in [1.29, 1.82) is 0 Å². The minimum Gasteiger partial charge on any atom is -0.143 e. The molecule has 9 heavy (non-hydrogen) atoms. The summed E-state index contributed by atoms with van der Waals surface area (Å²) >= 11 is 3.86. The largest absolute Gasteiger partial charge is 0.178 e. The molecule has 0 aliphatic rings. The lowest BCUT2D eigenvalue weighted by Crippen LogP contribution is -1.79. The Morgan fingerprint density at radius 2 is 2.33 bits per heavy atom. The van der Waals surface area contributed by atoms with Gasteiger partial charge in [0.15, 0.2) is 3.01 Å². The Morgan fingerprint density at radius 3 is 2.78 bits per heavy atom. The molecule has 0 unspecified atom stereocenters. The average Bonchev–Trinajstić information content (AvgIpc) is 2.17. The summed E-state index contributed by atoms with van der Waals surface area (Å²) in [4.78, 5) is 0. The molecule has 0 aliphatic heterocycles. The molecule has 1 aromatic rings. The first kappa shape index (κ1) is 7.40. The Hall–Kier alpha value is 0.290. The molecule has 0 atom stereocenters. The van der Waals surface area contributed by atoms with Crippen molar-refractivity contribution in [2.24, 2.45) is 0 Å². The monoisotopic (exact) mass is 254 g/mol. The smallest absolute Gasteiger partial charge is 0.143 e. The van der Waals surface area contributed by atoms with Crippen molar-refractivity contribution in [3.63, 3.8) is 0 Å². The van der Waals surface area contributed by atoms with Crippen molar-refractivity contribution in [1.82, 2.24) is 10.2 Å². The Balaban J connectivity index is 2.61. The first-order valence-electron chi connectivity index (χ1n) is 2.81. The maximum atomic E-state index is 3.97. The second kappa shape index (κ2) is 3.46. The molecular formula is C5H7IN2S. The molecule has 0 radical (unpaired) electrons. The normalized spacial score (nSPS) is 10.0. The quantitative estimate of drug-likeness (QED) is 0.755. The highest BCUT2D eigenvalue weighted by atomic mass is 127. The van der Waals surface area contributed by atoms with Gasteiger partial charge in [0.05, 0.1) is 0 Å². The minimum absolute atomic E-state index is 1.04. The third-order valence-electron chi connectivity index (χ3n) is 0.906. The summed E-state index contributed by atoms with van der Waals surface area (Å²) < 4.78 is 1.04. The fourth-order valence-electron chi connectivity index (χ4n) is 0.548. The third kappa shape index (κ3) is 2.17. The van der Waals surface area contributed by atoms with E-state index in [2.05, 4.69) is 39.7 Å². The minimum atomic E-state index is 1.04. The predicted molar refractivity (Wildman–Crippen MR) is 46.6 cm³/mol. The number of aromatic nitrogens is 2. The Bertz CT molecular complexity index is 187. The molecule has 0 aliphatic carbocycles. The fourth-order valence-corrected chi connectivity index (χ4v) is 2.08. The molecule has 4 heteroatoms. The van der Waals surface area contributed by atoms with E-state index in [0.717, 1.165) is 20.9 Å². The van der Waals surface area contributed by atoms with Crippen LogP contribution >= 0.6 is 33.9 Å². The molecule has 1 rings (SSSR count). The van der Waals surface area contributed by atoms with E-state index in [9.17, 15) is 0 Å². The number of rotatable bonds is 2. The molecule has 0 saturated carbocycles. The lowest BCUT2D eigenvalue weighted by atomic mass is 10.4. The molecule has 50 valence electrons. The van der Waals surface area contributed by atoms with E-state index in [0.29, 0.717) is 0 Å². The molecule has 1 aromatic heterocycles. The Kier molecular flexibility index (Phi) is 2.84. The van der Waals surface area contributed by atoms with E-state index in [1.54, 1.807) is 11.3 Å². The van der Waals surface area contributed by atoms with Gasteiger partial charge >= 0.3 is 0 Å². The Labute approximate surface area is 71.8 Å². The van der Waals surface area contributed by atoms with Crippen LogP contribution in [0.5, 0.6) is 0 Å². The molecule has 0 bridgehead atoms. The van der Waals surface area contributed by atoms with Crippen molar-refractivity contribution < 1.29 is 0 Å². The van der Waals surface area contributed by atoms with Crippen LogP contribution in [0.25, 0.3) is 0 Å². The van der Waals surface area contributed by atoms with Gasteiger partial charge in [-0.05, 0) is 29.0 Å². The number of aryl methyl sites for hydroxylation is 1. The van der Waals surface area contributed by atoms with Gasteiger partial charge in [-0.3, -0.25) is 0 Å². The summed E-state index contributed by atoms with van der Waals surface area (Å²) in [6.45, 7) is 2.15. The van der Waals surface area contributed by atoms with Crippen molar-refractivity contribution in [2.45, 2.75) is 19.8 Å². The molecular weight excluding hydrogens is 247 g/mol. The van der Waals surface area contributed by atoms with Gasteiger partial charge in [0.2, 0.25) is 0 Å². The van der Waals surface area contributed by atoms with Crippen LogP contribution in [0.15, 0.2) is 0 Å². The van der Waals surface area contributed by atoms with Gasteiger partial charge in [0.1, 0.15) is 5.01 Å². The van der Waals surface area contributed by atoms with Gasteiger partial charge in [-0.15, -0.1) is 10.2 Å². The van der Waals surface area contributed by atoms with Crippen molar-refractivity contribution in [3.8, 4) is 0 Å². The molecule has 1 heterocycles. The van der Waals surface area contributed by atoms with Crippen LogP contribution in [0, 0.1) is 3.01 Å². The summed E-state index contributed by atoms with van der Waals surface area (Å²) in [7, 11) is 0. The van der Waals surface area contributed by atoms with E-state index < -0.39 is 0 Å². The second-order valence-electron chi connectivity index (χ2n) is 1.70. The summed E-state index contributed by atoms with van der Waals surface area (Å²) in [6, 6.07) is 0. The van der Waals surface area contributed by atoms with E-state index in [1.165, 1.54) is 0 Å². The van der Waals surface area contributed by atoms with Gasteiger partial charge in [-0.1, -0.05) is 18.3 Å². The summed E-state index contributed by atoms with van der Waals surface area (Å²) in [5.74, 6) is 0. The van der Waals surface area contributed by atoms with Crippen LogP contribution < -0.4 is 0 Å². The van der Waals surface area contributed by atoms with Gasteiger partial charge in [-0.2, -0.15) is 0 Å². The van der Waals surface area contributed by atoms with E-state index in [-0.39, 0.29) is 0 Å². The van der Waals surface area contributed by atoms with Gasteiger partial charge in [0.25, 0.3) is 0 Å². The zero-order valence-electron chi connectivity index (χ0n) is 5.09. The zero-order chi connectivity index (χ0) is 6.69. The third-order valence-corrected chi connectivity index (χ3v) is 2.55. The average molecular weight is 254 g/mol. The lowest BCUT2D eigenvalue weighted by molar-refractivity contribution is 0.875. The SMILES string of the molecule is CCCc1nnc(I)s1. The van der Waals surface area contributed by atoms with Crippen LogP contribution in [-0.2, 0) is 6.42 Å². The van der Waals surface area contributed by atoms with Gasteiger partial charge < -0.3 is 0 Å². The lowest BCUT2D eigenvalue weighted by Gasteiger charge is -1.82. The van der Waals surface area contributed by atoms with E-state index >= 15 is 0 Å². The highest BCUT2D eigenvalue weighted by Gasteiger charge is 1.97. The highest BCUT2D eigenvalue weighted by molar-refractivity contribution is 14.1. The predicted octanol–water partition coefficient (Wildman–Crippen LogP) is 2.10.